The summed E-state index contributed by atoms with van der Waals surface area (Å²) in [5.41, 5.74) is 2.25. The van der Waals surface area contributed by atoms with Gasteiger partial charge >= 0.3 is 0 Å². The molecular weight excluding hydrogens is 292 g/mol. The van der Waals surface area contributed by atoms with Crippen molar-refractivity contribution < 1.29 is 0 Å². The van der Waals surface area contributed by atoms with Crippen molar-refractivity contribution in [3.05, 3.63) is 47.1 Å². The van der Waals surface area contributed by atoms with Crippen molar-refractivity contribution >= 4 is 28.3 Å². The summed E-state index contributed by atoms with van der Waals surface area (Å²) in [4.78, 5) is 12.3. The van der Waals surface area contributed by atoms with Gasteiger partial charge in [0.1, 0.15) is 5.84 Å². The molecule has 1 saturated heterocycles. The molecule has 2 aliphatic heterocycles. The molecular formula is C17H18N4S. The van der Waals surface area contributed by atoms with Crippen LogP contribution in [0.1, 0.15) is 25.3 Å². The predicted octanol–water partition coefficient (Wildman–Crippen LogP) is 3.54. The molecule has 1 unspecified atom stereocenters. The lowest BCUT2D eigenvalue weighted by Gasteiger charge is -2.46. The first-order chi connectivity index (χ1) is 10.7. The average molecular weight is 310 g/mol. The summed E-state index contributed by atoms with van der Waals surface area (Å²) in [6, 6.07) is 4.05. The minimum atomic E-state index is -0.0820. The molecule has 4 nitrogen and oxygen atoms in total. The first-order valence-electron chi connectivity index (χ1n) is 7.60. The highest BCUT2D eigenvalue weighted by molar-refractivity contribution is 8.17. The van der Waals surface area contributed by atoms with Crippen LogP contribution in [0, 0.1) is 10.8 Å². The first-order valence-corrected chi connectivity index (χ1v) is 8.42. The van der Waals surface area contributed by atoms with Crippen molar-refractivity contribution in [3.8, 4) is 0 Å². The van der Waals surface area contributed by atoms with Gasteiger partial charge in [-0.1, -0.05) is 23.9 Å². The van der Waals surface area contributed by atoms with Crippen LogP contribution in [0.15, 0.2) is 46.6 Å². The number of nitrogens with one attached hydrogen (secondary N) is 1. The number of aliphatic imine (C=N–C) groups is 1. The molecule has 112 valence electrons. The molecule has 4 rings (SSSR count). The van der Waals surface area contributed by atoms with E-state index >= 15 is 0 Å². The van der Waals surface area contributed by atoms with Crippen LogP contribution in [0.3, 0.4) is 0 Å². The summed E-state index contributed by atoms with van der Waals surface area (Å²) in [5, 5.41) is 8.94. The SMILES string of the molecule is CC12CC=C(c3cccnc3)C=C1SC(=N)N1CCCN=C12. The Morgan fingerprint density at radius 2 is 2.32 bits per heavy atom. The number of rotatable bonds is 1. The molecule has 0 spiro atoms. The Labute approximate surface area is 134 Å². The number of thioether (sulfide) groups is 1. The fourth-order valence-electron chi connectivity index (χ4n) is 3.29. The molecule has 0 aromatic carbocycles. The highest BCUT2D eigenvalue weighted by atomic mass is 32.2. The van der Waals surface area contributed by atoms with Gasteiger partial charge in [0, 0.05) is 30.4 Å². The average Bonchev–Trinajstić information content (AvgIpc) is 2.57. The number of nitrogens with zero attached hydrogens (tertiary/aromatic N) is 3. The third-order valence-electron chi connectivity index (χ3n) is 4.56. The zero-order valence-corrected chi connectivity index (χ0v) is 13.4. The Kier molecular flexibility index (Phi) is 3.18. The third kappa shape index (κ3) is 2.03. The molecule has 1 fully saturated rings. The number of allylic oxidation sites excluding steroid dienone is 3. The second-order valence-corrected chi connectivity index (χ2v) is 7.09. The zero-order chi connectivity index (χ0) is 15.2. The van der Waals surface area contributed by atoms with Gasteiger partial charge in [0.15, 0.2) is 5.17 Å². The van der Waals surface area contributed by atoms with E-state index in [0.29, 0.717) is 5.17 Å². The number of fused-ring (bicyclic) bond motifs is 3. The maximum absolute atomic E-state index is 8.33. The highest BCUT2D eigenvalue weighted by Gasteiger charge is 2.45. The van der Waals surface area contributed by atoms with Crippen LogP contribution in [0.25, 0.3) is 5.57 Å². The fraction of sp³-hybridized carbons (Fsp3) is 0.353. The van der Waals surface area contributed by atoms with Crippen LogP contribution in [0.5, 0.6) is 0 Å². The molecule has 0 radical (unpaired) electrons. The van der Waals surface area contributed by atoms with Crippen LogP contribution >= 0.6 is 11.8 Å². The number of amidine groups is 2. The van der Waals surface area contributed by atoms with Gasteiger partial charge in [-0.05, 0) is 43.0 Å². The van der Waals surface area contributed by atoms with E-state index in [9.17, 15) is 0 Å². The largest absolute Gasteiger partial charge is 0.309 e. The second-order valence-electron chi connectivity index (χ2n) is 6.06. The molecule has 0 amide bonds. The standard InChI is InChI=1S/C17H18N4S/c1-17-6-5-12(13-4-2-7-19-11-13)10-14(17)22-16(18)21-9-3-8-20-15(17)21/h2,4-5,7,10-11,18H,3,6,8-9H2,1H3. The predicted molar refractivity (Wildman–Crippen MR) is 92.0 cm³/mol. The van der Waals surface area contributed by atoms with Gasteiger partial charge in [0.05, 0.1) is 5.41 Å². The monoisotopic (exact) mass is 310 g/mol. The van der Waals surface area contributed by atoms with Gasteiger partial charge in [-0.15, -0.1) is 0 Å². The summed E-state index contributed by atoms with van der Waals surface area (Å²) < 4.78 is 0. The van der Waals surface area contributed by atoms with E-state index in [-0.39, 0.29) is 5.41 Å². The lowest BCUT2D eigenvalue weighted by molar-refractivity contribution is 0.453. The van der Waals surface area contributed by atoms with Gasteiger partial charge in [0.25, 0.3) is 0 Å². The van der Waals surface area contributed by atoms with Crippen LogP contribution in [0.2, 0.25) is 0 Å². The van der Waals surface area contributed by atoms with E-state index in [0.717, 1.165) is 37.3 Å². The van der Waals surface area contributed by atoms with Crippen molar-refractivity contribution in [1.29, 1.82) is 5.41 Å². The molecule has 1 N–H and O–H groups in total. The first kappa shape index (κ1) is 13.8. The summed E-state index contributed by atoms with van der Waals surface area (Å²) in [6.07, 6.45) is 10.2. The summed E-state index contributed by atoms with van der Waals surface area (Å²) >= 11 is 1.58. The summed E-state index contributed by atoms with van der Waals surface area (Å²) in [7, 11) is 0. The second kappa shape index (κ2) is 5.09. The normalized spacial score (nSPS) is 27.4. The summed E-state index contributed by atoms with van der Waals surface area (Å²) in [6.45, 7) is 4.06. The molecule has 1 atom stereocenters. The van der Waals surface area contributed by atoms with E-state index in [1.165, 1.54) is 10.5 Å². The molecule has 1 aliphatic carbocycles. The van der Waals surface area contributed by atoms with Crippen LogP contribution in [-0.4, -0.2) is 34.0 Å². The smallest absolute Gasteiger partial charge is 0.166 e. The van der Waals surface area contributed by atoms with Crippen molar-refractivity contribution in [2.75, 3.05) is 13.1 Å². The van der Waals surface area contributed by atoms with Crippen molar-refractivity contribution in [1.82, 2.24) is 9.88 Å². The Balaban J connectivity index is 1.75. The van der Waals surface area contributed by atoms with E-state index in [1.54, 1.807) is 18.0 Å². The quantitative estimate of drug-likeness (QED) is 0.863. The van der Waals surface area contributed by atoms with E-state index in [2.05, 4.69) is 35.0 Å². The number of hydrogen-bond acceptors (Lipinski definition) is 4. The van der Waals surface area contributed by atoms with E-state index in [1.807, 2.05) is 12.3 Å². The minimum Gasteiger partial charge on any atom is -0.309 e. The number of pyridine rings is 1. The third-order valence-corrected chi connectivity index (χ3v) is 5.76. The van der Waals surface area contributed by atoms with E-state index in [4.69, 9.17) is 10.4 Å². The van der Waals surface area contributed by atoms with Crippen molar-refractivity contribution in [2.24, 2.45) is 10.4 Å². The van der Waals surface area contributed by atoms with Gasteiger partial charge in [0.2, 0.25) is 0 Å². The fourth-order valence-corrected chi connectivity index (χ4v) is 4.37. The number of aromatic nitrogens is 1. The van der Waals surface area contributed by atoms with Crippen LogP contribution in [0.4, 0.5) is 0 Å². The Hall–Kier alpha value is -1.88. The Morgan fingerprint density at radius 3 is 3.14 bits per heavy atom. The van der Waals surface area contributed by atoms with Gasteiger partial charge < -0.3 is 4.90 Å². The van der Waals surface area contributed by atoms with Crippen molar-refractivity contribution in [2.45, 2.75) is 19.8 Å². The molecule has 22 heavy (non-hydrogen) atoms. The summed E-state index contributed by atoms with van der Waals surface area (Å²) in [5.74, 6) is 1.08. The highest BCUT2D eigenvalue weighted by Crippen LogP contribution is 2.50. The Morgan fingerprint density at radius 1 is 1.41 bits per heavy atom. The zero-order valence-electron chi connectivity index (χ0n) is 12.5. The molecule has 0 saturated carbocycles. The molecule has 0 bridgehead atoms. The lowest BCUT2D eigenvalue weighted by Crippen LogP contribution is -2.51. The molecule has 5 heteroatoms. The maximum atomic E-state index is 8.33. The van der Waals surface area contributed by atoms with E-state index < -0.39 is 0 Å². The van der Waals surface area contributed by atoms with Crippen LogP contribution < -0.4 is 0 Å². The molecule has 3 aliphatic rings. The minimum absolute atomic E-state index is 0.0820. The molecule has 1 aromatic rings. The lowest BCUT2D eigenvalue weighted by atomic mass is 9.78. The van der Waals surface area contributed by atoms with Crippen molar-refractivity contribution in [3.63, 3.8) is 0 Å². The topological polar surface area (TPSA) is 52.3 Å². The maximum Gasteiger partial charge on any atom is 0.166 e. The van der Waals surface area contributed by atoms with Gasteiger partial charge in [-0.25, -0.2) is 0 Å². The molecule has 1 aromatic heterocycles. The molecule has 3 heterocycles. The van der Waals surface area contributed by atoms with Gasteiger partial charge in [-0.2, -0.15) is 0 Å². The Bertz CT molecular complexity index is 719. The van der Waals surface area contributed by atoms with Gasteiger partial charge in [-0.3, -0.25) is 15.4 Å². The van der Waals surface area contributed by atoms with Crippen LogP contribution in [-0.2, 0) is 0 Å². The number of hydrogen-bond donors (Lipinski definition) is 1.